The van der Waals surface area contributed by atoms with E-state index in [0.717, 1.165) is 17.0 Å². The van der Waals surface area contributed by atoms with Crippen LogP contribution in [0, 0.1) is 11.6 Å². The number of hydrogen-bond acceptors (Lipinski definition) is 4. The third-order valence-corrected chi connectivity index (χ3v) is 7.05. The van der Waals surface area contributed by atoms with Gasteiger partial charge in [0.25, 0.3) is 11.5 Å². The molecule has 2 aliphatic rings. The number of alkyl halides is 3. The largest absolute Gasteiger partial charge is 0.419 e. The molecule has 1 amide bonds. The first-order chi connectivity index (χ1) is 17.5. The number of aliphatic hydroxyl groups excluding tert-OH is 1. The fourth-order valence-corrected chi connectivity index (χ4v) is 4.90. The number of hydrogen-bond donors (Lipinski definition) is 2. The van der Waals surface area contributed by atoms with Crippen LogP contribution in [-0.2, 0) is 29.4 Å². The highest BCUT2D eigenvalue weighted by atomic mass is 19.4. The molecule has 1 unspecified atom stereocenters. The molecule has 1 fully saturated rings. The number of benzene rings is 2. The lowest BCUT2D eigenvalue weighted by Crippen LogP contribution is -2.37. The minimum atomic E-state index is -4.99. The Hall–Kier alpha value is -3.60. The number of amides is 1. The highest BCUT2D eigenvalue weighted by Crippen LogP contribution is 2.52. The zero-order valence-corrected chi connectivity index (χ0v) is 19.4. The smallest absolute Gasteiger partial charge is 0.378 e. The van der Waals surface area contributed by atoms with Crippen LogP contribution >= 0.6 is 0 Å². The lowest BCUT2D eigenvalue weighted by molar-refractivity contribution is -0.143. The first-order valence-electron chi connectivity index (χ1n) is 11.7. The van der Waals surface area contributed by atoms with Gasteiger partial charge in [0.05, 0.1) is 28.8 Å². The molecule has 0 saturated heterocycles. The predicted octanol–water partition coefficient (Wildman–Crippen LogP) is 4.16. The maximum atomic E-state index is 14.5. The number of aromatic amines is 1. The van der Waals surface area contributed by atoms with E-state index in [-0.39, 0.29) is 18.7 Å². The number of aromatic nitrogens is 2. The van der Waals surface area contributed by atoms with Gasteiger partial charge < -0.3 is 15.0 Å². The van der Waals surface area contributed by atoms with E-state index in [0.29, 0.717) is 48.8 Å². The maximum Gasteiger partial charge on any atom is 0.419 e. The molecule has 194 valence electrons. The monoisotopic (exact) mass is 519 g/mol. The van der Waals surface area contributed by atoms with Crippen LogP contribution in [0.2, 0.25) is 0 Å². The molecule has 1 aliphatic carbocycles. The Morgan fingerprint density at radius 3 is 2.54 bits per heavy atom. The second-order valence-corrected chi connectivity index (χ2v) is 9.40. The topological polar surface area (TPSA) is 86.3 Å². The average Bonchev–Trinajstić information content (AvgIpc) is 3.67. The molecule has 1 aromatic heterocycles. The van der Waals surface area contributed by atoms with Gasteiger partial charge in [0.15, 0.2) is 6.10 Å². The molecule has 1 atom stereocenters. The summed E-state index contributed by atoms with van der Waals surface area (Å²) in [7, 11) is 0. The highest BCUT2D eigenvalue weighted by molar-refractivity contribution is 5.82. The molecule has 6 nitrogen and oxygen atoms in total. The summed E-state index contributed by atoms with van der Waals surface area (Å²) in [6.07, 6.45) is -5.12. The van der Waals surface area contributed by atoms with Gasteiger partial charge in [-0.1, -0.05) is 24.3 Å². The van der Waals surface area contributed by atoms with Crippen molar-refractivity contribution in [2.24, 2.45) is 0 Å². The summed E-state index contributed by atoms with van der Waals surface area (Å²) < 4.78 is 67.6. The summed E-state index contributed by atoms with van der Waals surface area (Å²) in [5.41, 5.74) is -2.14. The van der Waals surface area contributed by atoms with Gasteiger partial charge in [0.1, 0.15) is 17.5 Å². The van der Waals surface area contributed by atoms with Crippen molar-refractivity contribution in [2.45, 2.75) is 49.9 Å². The van der Waals surface area contributed by atoms with Gasteiger partial charge >= 0.3 is 6.18 Å². The molecule has 2 N–H and O–H groups in total. The number of halogens is 5. The van der Waals surface area contributed by atoms with Gasteiger partial charge in [-0.3, -0.25) is 9.59 Å². The molecule has 1 saturated carbocycles. The standard InChI is InChI=1S/C26H22F5N3O3/c27-15-5-1-4-14(12-15)25(9-10-25)24-32-19-8-3-11-34(13-17(19)22(36)33-24)23(37)21(35)16-6-2-7-18(20(16)28)26(29,30)31/h1-2,4-7,12,21,35H,3,8-11,13H2,(H,32,33,36). The number of carbonyl (C=O) groups is 1. The van der Waals surface area contributed by atoms with E-state index in [2.05, 4.69) is 9.97 Å². The van der Waals surface area contributed by atoms with Gasteiger partial charge in [0.2, 0.25) is 0 Å². The number of aliphatic hydroxyl groups is 1. The van der Waals surface area contributed by atoms with Crippen molar-refractivity contribution in [1.82, 2.24) is 14.9 Å². The van der Waals surface area contributed by atoms with Crippen LogP contribution in [0.3, 0.4) is 0 Å². The minimum Gasteiger partial charge on any atom is -0.378 e. The maximum absolute atomic E-state index is 14.5. The van der Waals surface area contributed by atoms with Crippen molar-refractivity contribution in [2.75, 3.05) is 6.54 Å². The van der Waals surface area contributed by atoms with E-state index in [4.69, 9.17) is 0 Å². The van der Waals surface area contributed by atoms with Gasteiger partial charge in [-0.25, -0.2) is 13.8 Å². The van der Waals surface area contributed by atoms with Crippen molar-refractivity contribution >= 4 is 5.91 Å². The van der Waals surface area contributed by atoms with Crippen LogP contribution in [0.15, 0.2) is 47.3 Å². The first-order valence-corrected chi connectivity index (χ1v) is 11.7. The van der Waals surface area contributed by atoms with Crippen LogP contribution in [0.25, 0.3) is 0 Å². The van der Waals surface area contributed by atoms with Crippen LogP contribution in [0.1, 0.15) is 59.1 Å². The molecule has 3 aromatic rings. The fourth-order valence-electron chi connectivity index (χ4n) is 4.90. The van der Waals surface area contributed by atoms with E-state index in [1.807, 2.05) is 0 Å². The van der Waals surface area contributed by atoms with Crippen LogP contribution < -0.4 is 5.56 Å². The molecule has 2 heterocycles. The zero-order valence-electron chi connectivity index (χ0n) is 19.4. The minimum absolute atomic E-state index is 0.0800. The van der Waals surface area contributed by atoms with Gasteiger partial charge in [0, 0.05) is 12.1 Å². The van der Waals surface area contributed by atoms with E-state index in [1.54, 1.807) is 12.1 Å². The quantitative estimate of drug-likeness (QED) is 0.507. The number of aryl methyl sites for hydroxylation is 1. The second kappa shape index (κ2) is 9.05. The van der Waals surface area contributed by atoms with Gasteiger partial charge in [-0.05, 0) is 49.4 Å². The van der Waals surface area contributed by atoms with Crippen LogP contribution in [0.4, 0.5) is 22.0 Å². The van der Waals surface area contributed by atoms with Crippen molar-refractivity contribution in [3.8, 4) is 0 Å². The number of nitrogens with one attached hydrogen (secondary N) is 1. The van der Waals surface area contributed by atoms with Gasteiger partial charge in [-0.2, -0.15) is 13.2 Å². The zero-order chi connectivity index (χ0) is 26.5. The molecule has 0 radical (unpaired) electrons. The number of H-pyrrole nitrogens is 1. The van der Waals surface area contributed by atoms with E-state index >= 15 is 0 Å². The van der Waals surface area contributed by atoms with Gasteiger partial charge in [-0.15, -0.1) is 0 Å². The third kappa shape index (κ3) is 4.52. The summed E-state index contributed by atoms with van der Waals surface area (Å²) in [5, 5.41) is 10.5. The molecule has 37 heavy (non-hydrogen) atoms. The summed E-state index contributed by atoms with van der Waals surface area (Å²) in [5.74, 6) is -2.73. The molecule has 2 aromatic carbocycles. The summed E-state index contributed by atoms with van der Waals surface area (Å²) in [6.45, 7) is -0.169. The molecule has 0 spiro atoms. The Morgan fingerprint density at radius 2 is 1.86 bits per heavy atom. The number of fused-ring (bicyclic) bond motifs is 1. The Balaban J connectivity index is 1.43. The second-order valence-electron chi connectivity index (χ2n) is 9.40. The average molecular weight is 519 g/mol. The first kappa shape index (κ1) is 25.1. The van der Waals surface area contributed by atoms with Crippen LogP contribution in [-0.4, -0.2) is 32.4 Å². The Bertz CT molecular complexity index is 1430. The molecule has 5 rings (SSSR count). The van der Waals surface area contributed by atoms with Crippen molar-refractivity contribution in [1.29, 1.82) is 0 Å². The van der Waals surface area contributed by atoms with Crippen molar-refractivity contribution < 1.29 is 31.9 Å². The lowest BCUT2D eigenvalue weighted by Gasteiger charge is -2.24. The molecule has 1 aliphatic heterocycles. The molecular weight excluding hydrogens is 497 g/mol. The Labute approximate surface area is 207 Å². The summed E-state index contributed by atoms with van der Waals surface area (Å²) in [4.78, 5) is 34.6. The van der Waals surface area contributed by atoms with E-state index < -0.39 is 51.9 Å². The lowest BCUT2D eigenvalue weighted by atomic mass is 9.94. The van der Waals surface area contributed by atoms with E-state index in [1.165, 1.54) is 12.1 Å². The molecular formula is C26H22F5N3O3. The van der Waals surface area contributed by atoms with Crippen molar-refractivity contribution in [3.63, 3.8) is 0 Å². The molecule has 11 heteroatoms. The Kier molecular flexibility index (Phi) is 6.13. The normalized spacial score (nSPS) is 17.6. The summed E-state index contributed by atoms with van der Waals surface area (Å²) in [6, 6.07) is 8.46. The van der Waals surface area contributed by atoms with Crippen LogP contribution in [0.5, 0.6) is 0 Å². The molecule has 0 bridgehead atoms. The summed E-state index contributed by atoms with van der Waals surface area (Å²) >= 11 is 0. The number of nitrogens with zero attached hydrogens (tertiary/aromatic N) is 2. The number of rotatable bonds is 4. The highest BCUT2D eigenvalue weighted by Gasteiger charge is 2.49. The fraction of sp³-hybridized carbons (Fsp3) is 0.346. The third-order valence-electron chi connectivity index (χ3n) is 7.05. The predicted molar refractivity (Wildman–Crippen MR) is 121 cm³/mol. The Morgan fingerprint density at radius 1 is 1.14 bits per heavy atom. The van der Waals surface area contributed by atoms with Crippen molar-refractivity contribution in [3.05, 3.63) is 98.2 Å². The SMILES string of the molecule is O=C(C(O)c1cccc(C(F)(F)F)c1F)N1CCCc2nc(C3(c4cccc(F)c4)CC3)[nH]c(=O)c2C1. The van der Waals surface area contributed by atoms with E-state index in [9.17, 15) is 36.6 Å². The number of carbonyl (C=O) groups excluding carboxylic acids is 1.